The zero-order valence-electron chi connectivity index (χ0n) is 12.2. The van der Waals surface area contributed by atoms with Crippen molar-refractivity contribution >= 4 is 5.97 Å². The van der Waals surface area contributed by atoms with E-state index in [1.165, 1.54) is 13.5 Å². The Labute approximate surface area is 115 Å². The van der Waals surface area contributed by atoms with E-state index in [0.717, 1.165) is 38.5 Å². The number of hydrogen-bond donors (Lipinski definition) is 0. The molecule has 0 aromatic rings. The molecule has 1 spiro atoms. The predicted octanol–water partition coefficient (Wildman–Crippen LogP) is 3.04. The number of carbonyl (C=O) groups excluding carboxylic acids is 1. The van der Waals surface area contributed by atoms with Gasteiger partial charge in [0.25, 0.3) is 0 Å². The summed E-state index contributed by atoms with van der Waals surface area (Å²) in [4.78, 5) is 11.5. The van der Waals surface area contributed by atoms with Gasteiger partial charge in [0.2, 0.25) is 0 Å². The molecule has 1 aliphatic heterocycles. The van der Waals surface area contributed by atoms with Gasteiger partial charge in [0.05, 0.1) is 20.3 Å². The van der Waals surface area contributed by atoms with Crippen LogP contribution < -0.4 is 0 Å². The predicted molar refractivity (Wildman–Crippen MR) is 71.7 cm³/mol. The number of hydrogen-bond acceptors (Lipinski definition) is 4. The van der Waals surface area contributed by atoms with Gasteiger partial charge in [-0.2, -0.15) is 0 Å². The maximum absolute atomic E-state index is 11.5. The minimum absolute atomic E-state index is 0.00924. The van der Waals surface area contributed by atoms with Crippen LogP contribution in [0.5, 0.6) is 0 Å². The van der Waals surface area contributed by atoms with Gasteiger partial charge in [0, 0.05) is 18.3 Å². The van der Waals surface area contributed by atoms with Crippen LogP contribution in [0.25, 0.3) is 0 Å². The van der Waals surface area contributed by atoms with Crippen LogP contribution in [0.1, 0.15) is 58.3 Å². The molecule has 1 atom stereocenters. The molecule has 0 radical (unpaired) electrons. The van der Waals surface area contributed by atoms with Crippen molar-refractivity contribution < 1.29 is 19.0 Å². The Morgan fingerprint density at radius 2 is 1.84 bits per heavy atom. The van der Waals surface area contributed by atoms with E-state index in [9.17, 15) is 4.79 Å². The zero-order chi connectivity index (χ0) is 13.8. The summed E-state index contributed by atoms with van der Waals surface area (Å²) in [5.41, 5.74) is -0.00924. The van der Waals surface area contributed by atoms with Crippen LogP contribution in [0, 0.1) is 5.41 Å². The Morgan fingerprint density at radius 1 is 1.16 bits per heavy atom. The Balaban J connectivity index is 2.16. The van der Waals surface area contributed by atoms with Gasteiger partial charge in [-0.1, -0.05) is 19.8 Å². The lowest BCUT2D eigenvalue weighted by Crippen LogP contribution is -2.52. The summed E-state index contributed by atoms with van der Waals surface area (Å²) >= 11 is 0. The standard InChI is InChI=1S/C15H26O4/c1-3-7-14(10-6-13(16)17-2)8-4-5-9-15(14)18-11-12-19-15/h3-12H2,1-2H3. The van der Waals surface area contributed by atoms with Gasteiger partial charge in [-0.25, -0.2) is 0 Å². The van der Waals surface area contributed by atoms with Crippen molar-refractivity contribution in [2.45, 2.75) is 64.1 Å². The van der Waals surface area contributed by atoms with Gasteiger partial charge in [0.1, 0.15) is 0 Å². The summed E-state index contributed by atoms with van der Waals surface area (Å²) in [6, 6.07) is 0. The van der Waals surface area contributed by atoms with Crippen LogP contribution >= 0.6 is 0 Å². The molecular formula is C15H26O4. The first-order valence-electron chi connectivity index (χ1n) is 7.53. The highest BCUT2D eigenvalue weighted by Crippen LogP contribution is 2.54. The smallest absolute Gasteiger partial charge is 0.305 e. The second-order valence-electron chi connectivity index (χ2n) is 5.76. The molecule has 4 heteroatoms. The molecule has 1 unspecified atom stereocenters. The summed E-state index contributed by atoms with van der Waals surface area (Å²) in [5, 5.41) is 0. The van der Waals surface area contributed by atoms with Crippen LogP contribution in [0.15, 0.2) is 0 Å². The maximum atomic E-state index is 11.5. The molecule has 1 saturated heterocycles. The average Bonchev–Trinajstić information content (AvgIpc) is 2.89. The van der Waals surface area contributed by atoms with Crippen molar-refractivity contribution in [3.63, 3.8) is 0 Å². The summed E-state index contributed by atoms with van der Waals surface area (Å²) in [7, 11) is 1.45. The third-order valence-electron chi connectivity index (χ3n) is 4.74. The first-order chi connectivity index (χ1) is 9.18. The van der Waals surface area contributed by atoms with Gasteiger partial charge in [-0.15, -0.1) is 0 Å². The fourth-order valence-corrected chi connectivity index (χ4v) is 3.86. The number of rotatable bonds is 5. The highest BCUT2D eigenvalue weighted by molar-refractivity contribution is 5.69. The third-order valence-corrected chi connectivity index (χ3v) is 4.74. The molecule has 0 aromatic carbocycles. The molecule has 2 fully saturated rings. The van der Waals surface area contributed by atoms with Crippen LogP contribution in [-0.2, 0) is 19.0 Å². The molecule has 1 saturated carbocycles. The minimum atomic E-state index is -0.435. The van der Waals surface area contributed by atoms with Crippen molar-refractivity contribution in [1.82, 2.24) is 0 Å². The molecule has 0 bridgehead atoms. The molecule has 0 N–H and O–H groups in total. The fraction of sp³-hybridized carbons (Fsp3) is 0.933. The van der Waals surface area contributed by atoms with Crippen LogP contribution in [0.4, 0.5) is 0 Å². The molecule has 2 aliphatic rings. The van der Waals surface area contributed by atoms with E-state index in [1.807, 2.05) is 0 Å². The SMILES string of the molecule is CCCC1(CCC(=O)OC)CCCCC12OCCO2. The van der Waals surface area contributed by atoms with Gasteiger partial charge in [0.15, 0.2) is 5.79 Å². The first-order valence-corrected chi connectivity index (χ1v) is 7.53. The summed E-state index contributed by atoms with van der Waals surface area (Å²) in [6.45, 7) is 3.56. The maximum Gasteiger partial charge on any atom is 0.305 e. The minimum Gasteiger partial charge on any atom is -0.469 e. The lowest BCUT2D eigenvalue weighted by atomic mass is 9.64. The third kappa shape index (κ3) is 2.79. The summed E-state index contributed by atoms with van der Waals surface area (Å²) in [6.07, 6.45) is 7.85. The second-order valence-corrected chi connectivity index (χ2v) is 5.76. The molecule has 4 nitrogen and oxygen atoms in total. The molecular weight excluding hydrogens is 244 g/mol. The van der Waals surface area contributed by atoms with Crippen molar-refractivity contribution in [3.8, 4) is 0 Å². The fourth-order valence-electron chi connectivity index (χ4n) is 3.86. The Morgan fingerprint density at radius 3 is 2.47 bits per heavy atom. The Bertz CT molecular complexity index is 305. The Kier molecular flexibility index (Phi) is 4.85. The van der Waals surface area contributed by atoms with Gasteiger partial charge < -0.3 is 14.2 Å². The van der Waals surface area contributed by atoms with Crippen molar-refractivity contribution in [3.05, 3.63) is 0 Å². The highest BCUT2D eigenvalue weighted by Gasteiger charge is 2.55. The summed E-state index contributed by atoms with van der Waals surface area (Å²) < 4.78 is 16.9. The number of methoxy groups -OCH3 is 1. The molecule has 0 amide bonds. The van der Waals surface area contributed by atoms with Crippen molar-refractivity contribution in [1.29, 1.82) is 0 Å². The molecule has 1 heterocycles. The molecule has 19 heavy (non-hydrogen) atoms. The molecule has 2 rings (SSSR count). The van der Waals surface area contributed by atoms with E-state index < -0.39 is 5.79 Å². The van der Waals surface area contributed by atoms with Crippen LogP contribution in [0.3, 0.4) is 0 Å². The summed E-state index contributed by atoms with van der Waals surface area (Å²) in [5.74, 6) is -0.566. The van der Waals surface area contributed by atoms with Gasteiger partial charge in [-0.3, -0.25) is 4.79 Å². The average molecular weight is 270 g/mol. The molecule has 0 aromatic heterocycles. The topological polar surface area (TPSA) is 44.8 Å². The van der Waals surface area contributed by atoms with E-state index in [1.54, 1.807) is 0 Å². The quantitative estimate of drug-likeness (QED) is 0.720. The van der Waals surface area contributed by atoms with Gasteiger partial charge in [-0.05, 0) is 25.7 Å². The first kappa shape index (κ1) is 14.8. The van der Waals surface area contributed by atoms with Crippen LogP contribution in [-0.4, -0.2) is 32.1 Å². The lowest BCUT2D eigenvalue weighted by molar-refractivity contribution is -0.261. The monoisotopic (exact) mass is 270 g/mol. The van der Waals surface area contributed by atoms with E-state index in [2.05, 4.69) is 6.92 Å². The zero-order valence-corrected chi connectivity index (χ0v) is 12.2. The van der Waals surface area contributed by atoms with E-state index in [-0.39, 0.29) is 11.4 Å². The lowest BCUT2D eigenvalue weighted by Gasteiger charge is -2.50. The number of carbonyl (C=O) groups is 1. The van der Waals surface area contributed by atoms with Gasteiger partial charge >= 0.3 is 5.97 Å². The molecule has 1 aliphatic carbocycles. The molecule has 110 valence electrons. The number of esters is 1. The second kappa shape index (κ2) is 6.23. The highest BCUT2D eigenvalue weighted by atomic mass is 16.7. The van der Waals surface area contributed by atoms with E-state index in [4.69, 9.17) is 14.2 Å². The van der Waals surface area contributed by atoms with E-state index >= 15 is 0 Å². The van der Waals surface area contributed by atoms with Crippen molar-refractivity contribution in [2.75, 3.05) is 20.3 Å². The van der Waals surface area contributed by atoms with E-state index in [0.29, 0.717) is 19.6 Å². The number of ether oxygens (including phenoxy) is 3. The Hall–Kier alpha value is -0.610. The normalized spacial score (nSPS) is 29.6. The van der Waals surface area contributed by atoms with Crippen molar-refractivity contribution in [2.24, 2.45) is 5.41 Å². The van der Waals surface area contributed by atoms with Crippen LogP contribution in [0.2, 0.25) is 0 Å². The largest absolute Gasteiger partial charge is 0.469 e.